The Hall–Kier alpha value is -2.83. The van der Waals surface area contributed by atoms with E-state index < -0.39 is 0 Å². The van der Waals surface area contributed by atoms with Crippen LogP contribution in [0.2, 0.25) is 0 Å². The number of aromatic nitrogens is 2. The highest BCUT2D eigenvalue weighted by atomic mass is 16.2. The molecule has 0 aliphatic carbocycles. The Morgan fingerprint density at radius 1 is 1.25 bits per heavy atom. The van der Waals surface area contributed by atoms with Crippen molar-refractivity contribution in [1.29, 1.82) is 0 Å². The van der Waals surface area contributed by atoms with Crippen LogP contribution < -0.4 is 16.4 Å². The molecule has 7 nitrogen and oxygen atoms in total. The van der Waals surface area contributed by atoms with Crippen LogP contribution >= 0.6 is 0 Å². The van der Waals surface area contributed by atoms with Crippen LogP contribution in [0.3, 0.4) is 0 Å². The second kappa shape index (κ2) is 5.87. The number of carbonyl (C=O) groups excluding carboxylic acids is 2. The first kappa shape index (κ1) is 13.6. The van der Waals surface area contributed by atoms with Gasteiger partial charge in [-0.1, -0.05) is 6.07 Å². The van der Waals surface area contributed by atoms with Crippen molar-refractivity contribution >= 4 is 29.0 Å². The van der Waals surface area contributed by atoms with Crippen LogP contribution in [0.5, 0.6) is 0 Å². The van der Waals surface area contributed by atoms with E-state index in [0.29, 0.717) is 17.2 Å². The number of nitrogens with one attached hydrogen (secondary N) is 2. The van der Waals surface area contributed by atoms with E-state index in [2.05, 4.69) is 15.7 Å². The molecule has 2 amide bonds. The van der Waals surface area contributed by atoms with Crippen LogP contribution in [-0.2, 0) is 16.1 Å². The number of nitrogens with zero attached hydrogens (tertiary/aromatic N) is 2. The second-order valence-electron chi connectivity index (χ2n) is 4.25. The standard InChI is InChI=1S/C13H15N5O2/c1-9(19)15-10-3-2-4-11(7-10)16-13(20)8-18-6-5-12(14)17-18/h2-7H,8H2,1H3,(H2,14,17)(H,15,19)(H,16,20). The molecule has 0 radical (unpaired) electrons. The van der Waals surface area contributed by atoms with Gasteiger partial charge in [0.1, 0.15) is 12.4 Å². The minimum atomic E-state index is -0.229. The third-order valence-corrected chi connectivity index (χ3v) is 2.43. The Morgan fingerprint density at radius 2 is 1.95 bits per heavy atom. The third kappa shape index (κ3) is 3.84. The molecule has 0 aliphatic heterocycles. The van der Waals surface area contributed by atoms with E-state index >= 15 is 0 Å². The Morgan fingerprint density at radius 3 is 2.55 bits per heavy atom. The fourth-order valence-electron chi connectivity index (χ4n) is 1.69. The number of amides is 2. The number of anilines is 3. The lowest BCUT2D eigenvalue weighted by Gasteiger charge is -2.08. The molecule has 1 aromatic carbocycles. The van der Waals surface area contributed by atoms with Crippen molar-refractivity contribution in [3.8, 4) is 0 Å². The van der Waals surface area contributed by atoms with E-state index in [4.69, 9.17) is 5.73 Å². The van der Waals surface area contributed by atoms with Crippen LogP contribution in [0, 0.1) is 0 Å². The molecule has 1 aromatic heterocycles. The normalized spacial score (nSPS) is 10.1. The number of benzene rings is 1. The molecule has 0 saturated carbocycles. The molecule has 0 unspecified atom stereocenters. The molecule has 2 rings (SSSR count). The predicted octanol–water partition coefficient (Wildman–Crippen LogP) is 1.06. The van der Waals surface area contributed by atoms with Crippen molar-refractivity contribution < 1.29 is 9.59 Å². The molecule has 7 heteroatoms. The van der Waals surface area contributed by atoms with Gasteiger partial charge in [-0.15, -0.1) is 0 Å². The lowest BCUT2D eigenvalue weighted by molar-refractivity contribution is -0.117. The topological polar surface area (TPSA) is 102 Å². The van der Waals surface area contributed by atoms with Gasteiger partial charge in [-0.05, 0) is 24.3 Å². The van der Waals surface area contributed by atoms with Crippen LogP contribution in [-0.4, -0.2) is 21.6 Å². The molecule has 0 saturated heterocycles. The monoisotopic (exact) mass is 273 g/mol. The zero-order valence-corrected chi connectivity index (χ0v) is 11.0. The SMILES string of the molecule is CC(=O)Nc1cccc(NC(=O)Cn2ccc(N)n2)c1. The van der Waals surface area contributed by atoms with Crippen molar-refractivity contribution in [3.05, 3.63) is 36.5 Å². The Balaban J connectivity index is 1.98. The fourth-order valence-corrected chi connectivity index (χ4v) is 1.69. The number of hydrogen-bond donors (Lipinski definition) is 3. The second-order valence-corrected chi connectivity index (χ2v) is 4.25. The van der Waals surface area contributed by atoms with Gasteiger partial charge in [-0.3, -0.25) is 14.3 Å². The molecule has 2 aromatic rings. The van der Waals surface area contributed by atoms with E-state index in [1.54, 1.807) is 36.5 Å². The highest BCUT2D eigenvalue weighted by Crippen LogP contribution is 2.15. The summed E-state index contributed by atoms with van der Waals surface area (Å²) >= 11 is 0. The van der Waals surface area contributed by atoms with Gasteiger partial charge >= 0.3 is 0 Å². The van der Waals surface area contributed by atoms with E-state index in [0.717, 1.165) is 0 Å². The minimum Gasteiger partial charge on any atom is -0.382 e. The van der Waals surface area contributed by atoms with E-state index in [1.165, 1.54) is 11.6 Å². The van der Waals surface area contributed by atoms with Gasteiger partial charge in [0.15, 0.2) is 0 Å². The lowest BCUT2D eigenvalue weighted by atomic mass is 10.2. The molecule has 104 valence electrons. The van der Waals surface area contributed by atoms with Crippen molar-refractivity contribution in [2.24, 2.45) is 0 Å². The van der Waals surface area contributed by atoms with E-state index in [1.807, 2.05) is 0 Å². The van der Waals surface area contributed by atoms with Crippen molar-refractivity contribution in [1.82, 2.24) is 9.78 Å². The Bertz CT molecular complexity index is 635. The number of nitrogens with two attached hydrogens (primary N) is 1. The smallest absolute Gasteiger partial charge is 0.246 e. The van der Waals surface area contributed by atoms with Crippen LogP contribution in [0.15, 0.2) is 36.5 Å². The molecule has 0 aliphatic rings. The van der Waals surface area contributed by atoms with Crippen molar-refractivity contribution in [2.75, 3.05) is 16.4 Å². The van der Waals surface area contributed by atoms with Gasteiger partial charge in [-0.25, -0.2) is 0 Å². The first-order valence-corrected chi connectivity index (χ1v) is 5.99. The van der Waals surface area contributed by atoms with Gasteiger partial charge in [0.2, 0.25) is 11.8 Å². The summed E-state index contributed by atoms with van der Waals surface area (Å²) in [5.74, 6) is -0.0287. The molecule has 0 atom stereocenters. The van der Waals surface area contributed by atoms with Crippen molar-refractivity contribution in [3.63, 3.8) is 0 Å². The Labute approximate surface area is 115 Å². The Kier molecular flexibility index (Phi) is 3.99. The first-order valence-electron chi connectivity index (χ1n) is 5.99. The predicted molar refractivity (Wildman–Crippen MR) is 76.0 cm³/mol. The van der Waals surface area contributed by atoms with Gasteiger partial charge in [0, 0.05) is 24.5 Å². The van der Waals surface area contributed by atoms with Gasteiger partial charge in [-0.2, -0.15) is 5.10 Å². The fraction of sp³-hybridized carbons (Fsp3) is 0.154. The average Bonchev–Trinajstić information content (AvgIpc) is 2.74. The maximum absolute atomic E-state index is 11.8. The molecule has 0 bridgehead atoms. The largest absolute Gasteiger partial charge is 0.382 e. The molecule has 4 N–H and O–H groups in total. The zero-order valence-electron chi connectivity index (χ0n) is 11.0. The molecule has 0 fully saturated rings. The molecule has 1 heterocycles. The summed E-state index contributed by atoms with van der Waals surface area (Å²) in [5.41, 5.74) is 6.69. The summed E-state index contributed by atoms with van der Waals surface area (Å²) in [4.78, 5) is 22.8. The molecule has 0 spiro atoms. The van der Waals surface area contributed by atoms with E-state index in [-0.39, 0.29) is 18.4 Å². The maximum atomic E-state index is 11.8. The highest BCUT2D eigenvalue weighted by molar-refractivity contribution is 5.93. The quantitative estimate of drug-likeness (QED) is 0.775. The van der Waals surface area contributed by atoms with Crippen LogP contribution in [0.1, 0.15) is 6.92 Å². The van der Waals surface area contributed by atoms with Crippen molar-refractivity contribution in [2.45, 2.75) is 13.5 Å². The molecular weight excluding hydrogens is 258 g/mol. The minimum absolute atomic E-state index is 0.0710. The third-order valence-electron chi connectivity index (χ3n) is 2.43. The summed E-state index contributed by atoms with van der Waals surface area (Å²) in [6, 6.07) is 8.51. The average molecular weight is 273 g/mol. The molecule has 20 heavy (non-hydrogen) atoms. The number of rotatable bonds is 4. The van der Waals surface area contributed by atoms with Crippen LogP contribution in [0.4, 0.5) is 17.2 Å². The summed E-state index contributed by atoms with van der Waals surface area (Å²) in [7, 11) is 0. The lowest BCUT2D eigenvalue weighted by Crippen LogP contribution is -2.19. The van der Waals surface area contributed by atoms with Crippen LogP contribution in [0.25, 0.3) is 0 Å². The number of carbonyl (C=O) groups is 2. The maximum Gasteiger partial charge on any atom is 0.246 e. The van der Waals surface area contributed by atoms with Gasteiger partial charge in [0.25, 0.3) is 0 Å². The summed E-state index contributed by atoms with van der Waals surface area (Å²) in [6.45, 7) is 1.49. The summed E-state index contributed by atoms with van der Waals surface area (Å²) in [6.07, 6.45) is 1.63. The van der Waals surface area contributed by atoms with Gasteiger partial charge in [0.05, 0.1) is 0 Å². The summed E-state index contributed by atoms with van der Waals surface area (Å²) in [5, 5.41) is 9.29. The summed E-state index contributed by atoms with van der Waals surface area (Å²) < 4.78 is 1.45. The zero-order chi connectivity index (χ0) is 14.5. The molecular formula is C13H15N5O2. The highest BCUT2D eigenvalue weighted by Gasteiger charge is 2.05. The number of nitrogen functional groups attached to an aromatic ring is 1. The van der Waals surface area contributed by atoms with Gasteiger partial charge < -0.3 is 16.4 Å². The number of hydrogen-bond acceptors (Lipinski definition) is 4. The first-order chi connectivity index (χ1) is 9.52. The van der Waals surface area contributed by atoms with E-state index in [9.17, 15) is 9.59 Å².